The molecule has 0 amide bonds. The van der Waals surface area contributed by atoms with Gasteiger partial charge in [-0.3, -0.25) is 0 Å². The Kier molecular flexibility index (Phi) is 6.36. The third-order valence-electron chi connectivity index (χ3n) is 7.90. The van der Waals surface area contributed by atoms with E-state index in [9.17, 15) is 0 Å². The minimum absolute atomic E-state index is 0.738. The molecule has 3 heteroatoms. The van der Waals surface area contributed by atoms with Gasteiger partial charge >= 0.3 is 0 Å². The second-order valence-electron chi connectivity index (χ2n) is 10.6. The van der Waals surface area contributed by atoms with E-state index >= 15 is 0 Å². The summed E-state index contributed by atoms with van der Waals surface area (Å²) in [6, 6.07) is 55.5. The lowest BCUT2D eigenvalue weighted by atomic mass is 9.97. The molecule has 8 rings (SSSR count). The molecular weight excluding hydrogens is 541 g/mol. The van der Waals surface area contributed by atoms with Crippen LogP contribution in [0, 0.1) is 0 Å². The van der Waals surface area contributed by atoms with Crippen molar-refractivity contribution in [2.24, 2.45) is 0 Å². The largest absolute Gasteiger partial charge is 0.228 e. The van der Waals surface area contributed by atoms with E-state index in [1.54, 1.807) is 0 Å². The highest BCUT2D eigenvalue weighted by Gasteiger charge is 2.16. The zero-order chi connectivity index (χ0) is 28.6. The highest BCUT2D eigenvalue weighted by Crippen LogP contribution is 2.42. The molecule has 2 aromatic heterocycles. The molecule has 0 spiro atoms. The molecular formula is C40H26N2S. The lowest BCUT2D eigenvalue weighted by Crippen LogP contribution is -1.96. The highest BCUT2D eigenvalue weighted by molar-refractivity contribution is 7.26. The quantitative estimate of drug-likeness (QED) is 0.207. The van der Waals surface area contributed by atoms with Gasteiger partial charge in [0.15, 0.2) is 5.82 Å². The molecule has 202 valence electrons. The number of thiophene rings is 1. The summed E-state index contributed by atoms with van der Waals surface area (Å²) in [7, 11) is 0. The third kappa shape index (κ3) is 4.80. The predicted octanol–water partition coefficient (Wildman–Crippen LogP) is 11.2. The summed E-state index contributed by atoms with van der Waals surface area (Å²) in [6.45, 7) is 0. The molecule has 6 aromatic carbocycles. The van der Waals surface area contributed by atoms with Crippen LogP contribution in [0.5, 0.6) is 0 Å². The van der Waals surface area contributed by atoms with Crippen LogP contribution in [-0.2, 0) is 0 Å². The van der Waals surface area contributed by atoms with Crippen molar-refractivity contribution in [3.63, 3.8) is 0 Å². The molecule has 8 aromatic rings. The monoisotopic (exact) mass is 566 g/mol. The van der Waals surface area contributed by atoms with Crippen molar-refractivity contribution in [3.05, 3.63) is 158 Å². The van der Waals surface area contributed by atoms with Gasteiger partial charge in [-0.15, -0.1) is 11.3 Å². The van der Waals surface area contributed by atoms with Crippen molar-refractivity contribution in [2.45, 2.75) is 0 Å². The molecule has 0 aliphatic rings. The first-order chi connectivity index (χ1) is 21.3. The Hall–Kier alpha value is -5.38. The van der Waals surface area contributed by atoms with Crippen LogP contribution in [0.15, 0.2) is 158 Å². The number of hydrogen-bond donors (Lipinski definition) is 0. The van der Waals surface area contributed by atoms with E-state index in [0.717, 1.165) is 33.9 Å². The normalized spacial score (nSPS) is 11.3. The van der Waals surface area contributed by atoms with E-state index in [2.05, 4.69) is 146 Å². The summed E-state index contributed by atoms with van der Waals surface area (Å²) >= 11 is 1.82. The summed E-state index contributed by atoms with van der Waals surface area (Å²) in [5.41, 5.74) is 9.87. The van der Waals surface area contributed by atoms with Gasteiger partial charge in [0.1, 0.15) is 0 Å². The fourth-order valence-electron chi connectivity index (χ4n) is 5.78. The van der Waals surface area contributed by atoms with Crippen LogP contribution in [0.25, 0.3) is 76.3 Å². The number of hydrogen-bond acceptors (Lipinski definition) is 3. The summed E-state index contributed by atoms with van der Waals surface area (Å²) in [4.78, 5) is 10.3. The zero-order valence-corrected chi connectivity index (χ0v) is 24.1. The maximum absolute atomic E-state index is 5.16. The van der Waals surface area contributed by atoms with E-state index in [0.29, 0.717) is 0 Å². The van der Waals surface area contributed by atoms with Gasteiger partial charge in [0.25, 0.3) is 0 Å². The van der Waals surface area contributed by atoms with Crippen LogP contribution >= 0.6 is 11.3 Å². The van der Waals surface area contributed by atoms with Crippen LogP contribution in [0.3, 0.4) is 0 Å². The second-order valence-corrected chi connectivity index (χ2v) is 11.7. The molecule has 0 aliphatic carbocycles. The lowest BCUT2D eigenvalue weighted by Gasteiger charge is -2.11. The average molecular weight is 567 g/mol. The minimum atomic E-state index is 0.738. The molecule has 0 fully saturated rings. The maximum atomic E-state index is 5.16. The van der Waals surface area contributed by atoms with E-state index in [-0.39, 0.29) is 0 Å². The van der Waals surface area contributed by atoms with Gasteiger partial charge in [0.05, 0.1) is 11.4 Å². The van der Waals surface area contributed by atoms with Crippen LogP contribution in [0.1, 0.15) is 0 Å². The Bertz CT molecular complexity index is 2160. The van der Waals surface area contributed by atoms with Crippen molar-refractivity contribution >= 4 is 31.5 Å². The topological polar surface area (TPSA) is 25.8 Å². The molecule has 43 heavy (non-hydrogen) atoms. The van der Waals surface area contributed by atoms with Crippen LogP contribution < -0.4 is 0 Å². The average Bonchev–Trinajstić information content (AvgIpc) is 3.47. The summed E-state index contributed by atoms with van der Waals surface area (Å²) in [5, 5.41) is 2.43. The Labute approximate surface area is 254 Å². The minimum Gasteiger partial charge on any atom is -0.228 e. The summed E-state index contributed by atoms with van der Waals surface area (Å²) in [6.07, 6.45) is 0. The summed E-state index contributed by atoms with van der Waals surface area (Å²) in [5.74, 6) is 0.738. The number of nitrogens with zero attached hydrogens (tertiary/aromatic N) is 2. The van der Waals surface area contributed by atoms with Crippen molar-refractivity contribution in [1.29, 1.82) is 0 Å². The Morgan fingerprint density at radius 1 is 0.372 bits per heavy atom. The summed E-state index contributed by atoms with van der Waals surface area (Å²) < 4.78 is 2.49. The van der Waals surface area contributed by atoms with E-state index in [4.69, 9.17) is 9.97 Å². The van der Waals surface area contributed by atoms with Gasteiger partial charge in [0.2, 0.25) is 0 Å². The van der Waals surface area contributed by atoms with Crippen molar-refractivity contribution in [1.82, 2.24) is 9.97 Å². The zero-order valence-electron chi connectivity index (χ0n) is 23.3. The predicted molar refractivity (Wildman–Crippen MR) is 182 cm³/mol. The van der Waals surface area contributed by atoms with Gasteiger partial charge in [-0.2, -0.15) is 0 Å². The van der Waals surface area contributed by atoms with Gasteiger partial charge in [-0.25, -0.2) is 9.97 Å². The smallest absolute Gasteiger partial charge is 0.161 e. The molecule has 0 saturated heterocycles. The molecule has 0 unspecified atom stereocenters. The van der Waals surface area contributed by atoms with Crippen molar-refractivity contribution in [3.8, 4) is 56.2 Å². The molecule has 0 atom stereocenters. The Morgan fingerprint density at radius 2 is 0.907 bits per heavy atom. The van der Waals surface area contributed by atoms with E-state index < -0.39 is 0 Å². The maximum Gasteiger partial charge on any atom is 0.161 e. The molecule has 0 saturated carbocycles. The van der Waals surface area contributed by atoms with Crippen molar-refractivity contribution in [2.75, 3.05) is 0 Å². The van der Waals surface area contributed by atoms with Crippen LogP contribution in [0.4, 0.5) is 0 Å². The Morgan fingerprint density at radius 3 is 1.56 bits per heavy atom. The molecule has 2 heterocycles. The molecule has 0 bridgehead atoms. The standard InChI is InChI=1S/C40H26N2S/c1-4-12-27(13-5-1)30-18-10-19-31(24-30)32-22-23-37-34(25-32)39-33(20-11-21-38(39)43-37)40-41-35(28-14-6-2-7-15-28)26-36(42-40)29-16-8-3-9-17-29/h1-26H. The lowest BCUT2D eigenvalue weighted by molar-refractivity contribution is 1.19. The molecule has 0 N–H and O–H groups in total. The fraction of sp³-hybridized carbons (Fsp3) is 0. The fourth-order valence-corrected chi connectivity index (χ4v) is 6.90. The van der Waals surface area contributed by atoms with E-state index in [1.807, 2.05) is 23.5 Å². The van der Waals surface area contributed by atoms with Crippen LogP contribution in [0.2, 0.25) is 0 Å². The highest BCUT2D eigenvalue weighted by atomic mass is 32.1. The molecule has 0 aliphatic heterocycles. The number of fused-ring (bicyclic) bond motifs is 3. The molecule has 0 radical (unpaired) electrons. The molecule has 2 nitrogen and oxygen atoms in total. The first kappa shape index (κ1) is 25.3. The second kappa shape index (κ2) is 10.8. The van der Waals surface area contributed by atoms with Gasteiger partial charge in [0, 0.05) is 36.9 Å². The van der Waals surface area contributed by atoms with Gasteiger partial charge < -0.3 is 0 Å². The van der Waals surface area contributed by atoms with Gasteiger partial charge in [-0.1, -0.05) is 127 Å². The van der Waals surface area contributed by atoms with Gasteiger partial charge in [-0.05, 0) is 52.6 Å². The first-order valence-electron chi connectivity index (χ1n) is 14.4. The SMILES string of the molecule is c1ccc(-c2cccc(-c3ccc4sc5cccc(-c6nc(-c7ccccc7)cc(-c7ccccc7)n6)c5c4c3)c2)cc1. The number of benzene rings is 6. The number of aromatic nitrogens is 2. The van der Waals surface area contributed by atoms with E-state index in [1.165, 1.54) is 42.4 Å². The first-order valence-corrected chi connectivity index (χ1v) is 15.2. The van der Waals surface area contributed by atoms with Crippen molar-refractivity contribution < 1.29 is 0 Å². The number of rotatable bonds is 5. The van der Waals surface area contributed by atoms with Crippen LogP contribution in [-0.4, -0.2) is 9.97 Å². The third-order valence-corrected chi connectivity index (χ3v) is 9.04. The Balaban J connectivity index is 1.32.